The SMILES string of the molecule is CCCCC(=O)N1CC(C)Cc2ccc(OC)cc21. The standard InChI is InChI=1S/C16H23NO2/c1-4-5-6-16(18)17-11-12(2)9-13-7-8-14(19-3)10-15(13)17/h7-8,10,12H,4-6,9,11H2,1-3H3. The van der Waals surface area contributed by atoms with Crippen molar-refractivity contribution in [2.75, 3.05) is 18.6 Å². The topological polar surface area (TPSA) is 29.5 Å². The van der Waals surface area contributed by atoms with Gasteiger partial charge >= 0.3 is 0 Å². The highest BCUT2D eigenvalue weighted by Gasteiger charge is 2.26. The van der Waals surface area contributed by atoms with Crippen molar-refractivity contribution in [1.82, 2.24) is 0 Å². The van der Waals surface area contributed by atoms with Crippen LogP contribution in [0.25, 0.3) is 0 Å². The van der Waals surface area contributed by atoms with Crippen LogP contribution in [0.3, 0.4) is 0 Å². The molecule has 1 atom stereocenters. The number of benzene rings is 1. The molecule has 3 heteroatoms. The molecule has 1 unspecified atom stereocenters. The molecule has 1 heterocycles. The summed E-state index contributed by atoms with van der Waals surface area (Å²) in [5.74, 6) is 1.58. The van der Waals surface area contributed by atoms with Gasteiger partial charge in [0.25, 0.3) is 0 Å². The summed E-state index contributed by atoms with van der Waals surface area (Å²) in [6.07, 6.45) is 3.69. The molecule has 0 aromatic heterocycles. The van der Waals surface area contributed by atoms with Gasteiger partial charge in [-0.05, 0) is 30.4 Å². The molecule has 0 radical (unpaired) electrons. The molecule has 0 aliphatic carbocycles. The molecule has 0 fully saturated rings. The molecule has 0 N–H and O–H groups in total. The van der Waals surface area contributed by atoms with Gasteiger partial charge in [0.15, 0.2) is 0 Å². The van der Waals surface area contributed by atoms with Gasteiger partial charge in [-0.2, -0.15) is 0 Å². The van der Waals surface area contributed by atoms with Gasteiger partial charge in [-0.25, -0.2) is 0 Å². The second-order valence-electron chi connectivity index (χ2n) is 5.41. The molecule has 1 aliphatic heterocycles. The number of unbranched alkanes of at least 4 members (excludes halogenated alkanes) is 1. The average Bonchev–Trinajstić information content (AvgIpc) is 2.43. The number of fused-ring (bicyclic) bond motifs is 1. The van der Waals surface area contributed by atoms with Gasteiger partial charge in [-0.3, -0.25) is 4.79 Å². The molecule has 0 spiro atoms. The number of rotatable bonds is 4. The van der Waals surface area contributed by atoms with E-state index in [-0.39, 0.29) is 5.91 Å². The highest BCUT2D eigenvalue weighted by Crippen LogP contribution is 2.33. The Balaban J connectivity index is 2.28. The van der Waals surface area contributed by atoms with Crippen LogP contribution in [-0.2, 0) is 11.2 Å². The van der Waals surface area contributed by atoms with Crippen LogP contribution in [0.4, 0.5) is 5.69 Å². The molecule has 0 saturated carbocycles. The highest BCUT2D eigenvalue weighted by atomic mass is 16.5. The predicted molar refractivity (Wildman–Crippen MR) is 77.7 cm³/mol. The van der Waals surface area contributed by atoms with E-state index >= 15 is 0 Å². The summed E-state index contributed by atoms with van der Waals surface area (Å²) in [6.45, 7) is 5.14. The van der Waals surface area contributed by atoms with Crippen LogP contribution in [0.1, 0.15) is 38.7 Å². The zero-order valence-corrected chi connectivity index (χ0v) is 12.1. The van der Waals surface area contributed by atoms with E-state index in [0.29, 0.717) is 12.3 Å². The number of hydrogen-bond donors (Lipinski definition) is 0. The van der Waals surface area contributed by atoms with Crippen LogP contribution in [0.5, 0.6) is 5.75 Å². The van der Waals surface area contributed by atoms with Crippen molar-refractivity contribution in [2.45, 2.75) is 39.5 Å². The van der Waals surface area contributed by atoms with Crippen LogP contribution >= 0.6 is 0 Å². The van der Waals surface area contributed by atoms with Gasteiger partial charge in [0, 0.05) is 19.0 Å². The summed E-state index contributed by atoms with van der Waals surface area (Å²) in [5, 5.41) is 0. The zero-order valence-electron chi connectivity index (χ0n) is 12.1. The van der Waals surface area contributed by atoms with Crippen molar-refractivity contribution in [1.29, 1.82) is 0 Å². The minimum absolute atomic E-state index is 0.239. The van der Waals surface area contributed by atoms with Crippen molar-refractivity contribution in [3.05, 3.63) is 23.8 Å². The molecule has 1 aliphatic rings. The predicted octanol–water partition coefficient (Wildman–Crippen LogP) is 3.41. The largest absolute Gasteiger partial charge is 0.497 e. The molecule has 2 rings (SSSR count). The summed E-state index contributed by atoms with van der Waals surface area (Å²) >= 11 is 0. The quantitative estimate of drug-likeness (QED) is 0.831. The summed E-state index contributed by atoms with van der Waals surface area (Å²) in [7, 11) is 1.66. The summed E-state index contributed by atoms with van der Waals surface area (Å²) in [6, 6.07) is 6.06. The maximum absolute atomic E-state index is 12.4. The van der Waals surface area contributed by atoms with Crippen LogP contribution in [0.15, 0.2) is 18.2 Å². The summed E-state index contributed by atoms with van der Waals surface area (Å²) in [4.78, 5) is 14.3. The number of carbonyl (C=O) groups is 1. The summed E-state index contributed by atoms with van der Waals surface area (Å²) in [5.41, 5.74) is 2.29. The van der Waals surface area contributed by atoms with Gasteiger partial charge in [0.05, 0.1) is 12.8 Å². The number of methoxy groups -OCH3 is 1. The monoisotopic (exact) mass is 261 g/mol. The Morgan fingerprint density at radius 2 is 2.26 bits per heavy atom. The molecule has 19 heavy (non-hydrogen) atoms. The van der Waals surface area contributed by atoms with Crippen molar-refractivity contribution in [3.63, 3.8) is 0 Å². The van der Waals surface area contributed by atoms with Crippen LogP contribution in [0.2, 0.25) is 0 Å². The molecule has 3 nitrogen and oxygen atoms in total. The van der Waals surface area contributed by atoms with E-state index in [4.69, 9.17) is 4.74 Å². The number of amides is 1. The Hall–Kier alpha value is -1.51. The fourth-order valence-corrected chi connectivity index (χ4v) is 2.64. The van der Waals surface area contributed by atoms with Gasteiger partial charge in [-0.1, -0.05) is 26.3 Å². The lowest BCUT2D eigenvalue weighted by molar-refractivity contribution is -0.118. The average molecular weight is 261 g/mol. The van der Waals surface area contributed by atoms with E-state index in [2.05, 4.69) is 19.9 Å². The van der Waals surface area contributed by atoms with E-state index in [9.17, 15) is 4.79 Å². The minimum Gasteiger partial charge on any atom is -0.497 e. The third-order valence-corrected chi connectivity index (χ3v) is 3.69. The Morgan fingerprint density at radius 1 is 1.47 bits per heavy atom. The van der Waals surface area contributed by atoms with Gasteiger partial charge in [-0.15, -0.1) is 0 Å². The third kappa shape index (κ3) is 3.09. The molecule has 0 bridgehead atoms. The Morgan fingerprint density at radius 3 is 2.95 bits per heavy atom. The van der Waals surface area contributed by atoms with E-state index < -0.39 is 0 Å². The van der Waals surface area contributed by atoms with Crippen LogP contribution in [0, 0.1) is 5.92 Å². The van der Waals surface area contributed by atoms with E-state index in [1.807, 2.05) is 17.0 Å². The lowest BCUT2D eigenvalue weighted by atomic mass is 9.93. The molecule has 1 aromatic carbocycles. The van der Waals surface area contributed by atoms with Crippen molar-refractivity contribution >= 4 is 11.6 Å². The lowest BCUT2D eigenvalue weighted by Gasteiger charge is -2.33. The first kappa shape index (κ1) is 13.9. The molecule has 1 aromatic rings. The minimum atomic E-state index is 0.239. The van der Waals surface area contributed by atoms with Gasteiger partial charge in [0.1, 0.15) is 5.75 Å². The first-order chi connectivity index (χ1) is 9.15. The van der Waals surface area contributed by atoms with Crippen LogP contribution < -0.4 is 9.64 Å². The zero-order chi connectivity index (χ0) is 13.8. The molecule has 104 valence electrons. The number of nitrogens with zero attached hydrogens (tertiary/aromatic N) is 1. The summed E-state index contributed by atoms with van der Waals surface area (Å²) < 4.78 is 5.28. The molecule has 1 amide bonds. The number of anilines is 1. The van der Waals surface area contributed by atoms with E-state index in [1.165, 1.54) is 5.56 Å². The second kappa shape index (κ2) is 6.09. The van der Waals surface area contributed by atoms with Gasteiger partial charge in [0.2, 0.25) is 5.91 Å². The van der Waals surface area contributed by atoms with Gasteiger partial charge < -0.3 is 9.64 Å². The fourth-order valence-electron chi connectivity index (χ4n) is 2.64. The van der Waals surface area contributed by atoms with E-state index in [1.54, 1.807) is 7.11 Å². The third-order valence-electron chi connectivity index (χ3n) is 3.69. The normalized spacial score (nSPS) is 18.1. The molecular formula is C16H23NO2. The maximum atomic E-state index is 12.4. The van der Waals surface area contributed by atoms with Crippen LogP contribution in [-0.4, -0.2) is 19.6 Å². The smallest absolute Gasteiger partial charge is 0.226 e. The Kier molecular flexibility index (Phi) is 4.46. The Bertz CT molecular complexity index is 456. The maximum Gasteiger partial charge on any atom is 0.226 e. The van der Waals surface area contributed by atoms with Crippen molar-refractivity contribution in [3.8, 4) is 5.75 Å². The second-order valence-corrected chi connectivity index (χ2v) is 5.41. The number of hydrogen-bond acceptors (Lipinski definition) is 2. The highest BCUT2D eigenvalue weighted by molar-refractivity contribution is 5.94. The fraction of sp³-hybridized carbons (Fsp3) is 0.562. The lowest BCUT2D eigenvalue weighted by Crippen LogP contribution is -2.39. The van der Waals surface area contributed by atoms with Crippen molar-refractivity contribution < 1.29 is 9.53 Å². The first-order valence-electron chi connectivity index (χ1n) is 7.13. The van der Waals surface area contributed by atoms with E-state index in [0.717, 1.165) is 37.2 Å². The Labute approximate surface area is 115 Å². The number of ether oxygens (including phenoxy) is 1. The number of carbonyl (C=O) groups excluding carboxylic acids is 1. The molecular weight excluding hydrogens is 238 g/mol. The first-order valence-corrected chi connectivity index (χ1v) is 7.13. The molecule has 0 saturated heterocycles. The van der Waals surface area contributed by atoms with Crippen molar-refractivity contribution in [2.24, 2.45) is 5.92 Å².